The van der Waals surface area contributed by atoms with Gasteiger partial charge in [-0.05, 0) is 50.9 Å². The van der Waals surface area contributed by atoms with Gasteiger partial charge >= 0.3 is 5.97 Å². The molecule has 1 aromatic rings. The molecule has 24 heavy (non-hydrogen) atoms. The van der Waals surface area contributed by atoms with E-state index in [0.29, 0.717) is 5.56 Å². The summed E-state index contributed by atoms with van der Waals surface area (Å²) in [7, 11) is 0. The van der Waals surface area contributed by atoms with E-state index in [1.165, 1.54) is 37.2 Å². The van der Waals surface area contributed by atoms with E-state index in [1.54, 1.807) is 12.5 Å². The molecular weight excluding hydrogens is 304 g/mol. The van der Waals surface area contributed by atoms with E-state index in [4.69, 9.17) is 9.15 Å². The number of ether oxygens (including phenoxy) is 1. The monoisotopic (exact) mass is 330 g/mol. The first-order chi connectivity index (χ1) is 11.4. The van der Waals surface area contributed by atoms with Crippen LogP contribution < -0.4 is 0 Å². The third-order valence-corrected chi connectivity index (χ3v) is 5.50. The van der Waals surface area contributed by atoms with Gasteiger partial charge in [0.1, 0.15) is 6.26 Å². The van der Waals surface area contributed by atoms with Gasteiger partial charge in [-0.15, -0.1) is 0 Å². The third kappa shape index (κ3) is 3.19. The molecule has 1 unspecified atom stereocenters. The van der Waals surface area contributed by atoms with Crippen LogP contribution in [-0.2, 0) is 4.74 Å². The quantitative estimate of drug-likeness (QED) is 0.445. The van der Waals surface area contributed by atoms with Crippen molar-refractivity contribution in [2.75, 3.05) is 6.61 Å². The second-order valence-corrected chi connectivity index (χ2v) is 7.54. The first kappa shape index (κ1) is 17.0. The van der Waals surface area contributed by atoms with E-state index >= 15 is 0 Å². The van der Waals surface area contributed by atoms with Crippen molar-refractivity contribution >= 4 is 11.8 Å². The topological polar surface area (TPSA) is 56.5 Å². The number of Topliss-reactive ketones (excluding diaryl/α,β-unsaturated/α-hetero) is 1. The number of furan rings is 1. The summed E-state index contributed by atoms with van der Waals surface area (Å²) >= 11 is 0. The molecule has 0 bridgehead atoms. The van der Waals surface area contributed by atoms with Crippen molar-refractivity contribution in [1.82, 2.24) is 0 Å². The maximum atomic E-state index is 12.8. The molecule has 2 aliphatic rings. The Morgan fingerprint density at radius 1 is 1.33 bits per heavy atom. The number of esters is 1. The summed E-state index contributed by atoms with van der Waals surface area (Å²) in [5.74, 6) is -0.330. The zero-order valence-electron chi connectivity index (χ0n) is 14.8. The largest absolute Gasteiger partial charge is 0.460 e. The van der Waals surface area contributed by atoms with Crippen LogP contribution in [0.3, 0.4) is 0 Å². The summed E-state index contributed by atoms with van der Waals surface area (Å²) < 4.78 is 10.1. The Morgan fingerprint density at radius 3 is 2.88 bits per heavy atom. The lowest BCUT2D eigenvalue weighted by Crippen LogP contribution is -2.29. The van der Waals surface area contributed by atoms with Crippen molar-refractivity contribution in [3.8, 4) is 0 Å². The first-order valence-electron chi connectivity index (χ1n) is 8.93. The van der Waals surface area contributed by atoms with Crippen molar-refractivity contribution in [3.05, 3.63) is 34.8 Å². The molecule has 1 aromatic heterocycles. The van der Waals surface area contributed by atoms with Crippen LogP contribution in [0.15, 0.2) is 27.9 Å². The van der Waals surface area contributed by atoms with Crippen LogP contribution in [0.4, 0.5) is 0 Å². The molecule has 4 nitrogen and oxygen atoms in total. The highest BCUT2D eigenvalue weighted by molar-refractivity contribution is 6.00. The number of rotatable bonds is 4. The van der Waals surface area contributed by atoms with Gasteiger partial charge in [-0.3, -0.25) is 4.79 Å². The van der Waals surface area contributed by atoms with E-state index in [2.05, 4.69) is 13.8 Å². The van der Waals surface area contributed by atoms with Gasteiger partial charge in [0, 0.05) is 12.0 Å². The van der Waals surface area contributed by atoms with Gasteiger partial charge in [0.05, 0.1) is 12.2 Å². The number of carbonyl (C=O) groups is 2. The second-order valence-electron chi connectivity index (χ2n) is 7.54. The maximum Gasteiger partial charge on any atom is 0.374 e. The van der Waals surface area contributed by atoms with Crippen LogP contribution in [0.5, 0.6) is 0 Å². The van der Waals surface area contributed by atoms with Gasteiger partial charge in [0.25, 0.3) is 0 Å². The molecule has 130 valence electrons. The average Bonchev–Trinajstić information content (AvgIpc) is 3.04. The smallest absolute Gasteiger partial charge is 0.374 e. The molecule has 0 saturated carbocycles. The van der Waals surface area contributed by atoms with Gasteiger partial charge in [0.15, 0.2) is 5.78 Å². The minimum atomic E-state index is -0.515. The van der Waals surface area contributed by atoms with Crippen molar-refractivity contribution < 1.29 is 18.7 Å². The lowest BCUT2D eigenvalue weighted by molar-refractivity contribution is 0.0490. The molecule has 1 atom stereocenters. The van der Waals surface area contributed by atoms with Crippen molar-refractivity contribution in [2.45, 2.75) is 59.3 Å². The van der Waals surface area contributed by atoms with Crippen LogP contribution >= 0.6 is 0 Å². The Morgan fingerprint density at radius 2 is 2.12 bits per heavy atom. The minimum Gasteiger partial charge on any atom is -0.460 e. The average molecular weight is 330 g/mol. The molecule has 0 radical (unpaired) electrons. The Labute approximate surface area is 143 Å². The maximum absolute atomic E-state index is 12.8. The normalized spacial score (nSPS) is 22.9. The van der Waals surface area contributed by atoms with Crippen LogP contribution in [0, 0.1) is 11.3 Å². The Hall–Kier alpha value is -1.84. The Bertz CT molecular complexity index is 678. The molecule has 0 saturated heterocycles. The van der Waals surface area contributed by atoms with Gasteiger partial charge in [-0.2, -0.15) is 0 Å². The summed E-state index contributed by atoms with van der Waals surface area (Å²) in [6.45, 7) is 6.62. The van der Waals surface area contributed by atoms with E-state index in [9.17, 15) is 9.59 Å². The molecule has 0 spiro atoms. The summed E-state index contributed by atoms with van der Waals surface area (Å²) in [4.78, 5) is 24.5. The van der Waals surface area contributed by atoms with Crippen LogP contribution in [0.2, 0.25) is 0 Å². The number of allylic oxidation sites excluding steroid dienone is 2. The fourth-order valence-electron chi connectivity index (χ4n) is 4.15. The summed E-state index contributed by atoms with van der Waals surface area (Å²) in [6, 6.07) is 1.52. The molecular formula is C20H26O4. The third-order valence-electron chi connectivity index (χ3n) is 5.50. The van der Waals surface area contributed by atoms with Gasteiger partial charge in [0.2, 0.25) is 5.76 Å². The van der Waals surface area contributed by atoms with E-state index < -0.39 is 5.97 Å². The molecule has 4 heteroatoms. The van der Waals surface area contributed by atoms with Crippen molar-refractivity contribution in [2.24, 2.45) is 11.3 Å². The summed E-state index contributed by atoms with van der Waals surface area (Å²) in [5, 5.41) is 0. The van der Waals surface area contributed by atoms with Gasteiger partial charge in [-0.1, -0.05) is 25.0 Å². The fraction of sp³-hybridized carbons (Fsp3) is 0.600. The zero-order valence-corrected chi connectivity index (χ0v) is 14.8. The van der Waals surface area contributed by atoms with Gasteiger partial charge in [-0.25, -0.2) is 4.79 Å². The lowest BCUT2D eigenvalue weighted by atomic mass is 9.65. The second kappa shape index (κ2) is 6.58. The highest BCUT2D eigenvalue weighted by Crippen LogP contribution is 2.48. The first-order valence-corrected chi connectivity index (χ1v) is 8.93. The van der Waals surface area contributed by atoms with E-state index in [1.807, 2.05) is 0 Å². The molecule has 0 N–H and O–H groups in total. The van der Waals surface area contributed by atoms with E-state index in [0.717, 1.165) is 19.3 Å². The van der Waals surface area contributed by atoms with Gasteiger partial charge < -0.3 is 9.15 Å². The SMILES string of the molecule is CCOC(=O)c1cc(C(=O)C2CCC3=C(C2)C(C)(C)CCC3)co1. The Kier molecular flexibility index (Phi) is 4.66. The number of hydrogen-bond donors (Lipinski definition) is 0. The number of ketones is 1. The highest BCUT2D eigenvalue weighted by atomic mass is 16.5. The standard InChI is InChI=1S/C20H26O4/c1-4-23-19(22)17-11-15(12-24-17)18(21)14-8-7-13-6-5-9-20(2,3)16(13)10-14/h11-12,14H,4-10H2,1-3H3. The lowest BCUT2D eigenvalue weighted by Gasteiger charge is -2.40. The fourth-order valence-corrected chi connectivity index (χ4v) is 4.15. The molecule has 0 fully saturated rings. The van der Waals surface area contributed by atoms with E-state index in [-0.39, 0.29) is 29.5 Å². The zero-order chi connectivity index (χ0) is 17.3. The minimum absolute atomic E-state index is 0.00577. The van der Waals surface area contributed by atoms with Crippen LogP contribution in [0.25, 0.3) is 0 Å². The molecule has 0 aromatic carbocycles. The summed E-state index contributed by atoms with van der Waals surface area (Å²) in [6.07, 6.45) is 7.82. The predicted octanol–water partition coefficient (Wildman–Crippen LogP) is 4.95. The van der Waals surface area contributed by atoms with Crippen LogP contribution in [0.1, 0.15) is 80.2 Å². The molecule has 0 aliphatic heterocycles. The van der Waals surface area contributed by atoms with Crippen molar-refractivity contribution in [3.63, 3.8) is 0 Å². The van der Waals surface area contributed by atoms with Crippen molar-refractivity contribution in [1.29, 1.82) is 0 Å². The molecule has 2 aliphatic carbocycles. The number of carbonyl (C=O) groups excluding carboxylic acids is 2. The highest BCUT2D eigenvalue weighted by Gasteiger charge is 2.36. The molecule has 3 rings (SSSR count). The molecule has 1 heterocycles. The number of hydrogen-bond acceptors (Lipinski definition) is 4. The predicted molar refractivity (Wildman–Crippen MR) is 91.0 cm³/mol. The Balaban J connectivity index is 1.75. The van der Waals surface area contributed by atoms with Crippen LogP contribution in [-0.4, -0.2) is 18.4 Å². The molecule has 0 amide bonds. The summed E-state index contributed by atoms with van der Waals surface area (Å²) in [5.41, 5.74) is 3.77.